The molecular weight excluding hydrogens is 312 g/mol. The molecule has 0 saturated carbocycles. The SMILES string of the molecule is CCNc1nc(-c2ccc(F)c(F)c2Br)ns1. The van der Waals surface area contributed by atoms with Crippen LogP contribution < -0.4 is 5.32 Å². The molecule has 1 heterocycles. The van der Waals surface area contributed by atoms with E-state index in [1.54, 1.807) is 0 Å². The van der Waals surface area contributed by atoms with Gasteiger partial charge in [0, 0.05) is 23.6 Å². The predicted octanol–water partition coefficient (Wildman–Crippen LogP) is 3.68. The zero-order valence-corrected chi connectivity index (χ0v) is 11.2. The monoisotopic (exact) mass is 319 g/mol. The summed E-state index contributed by atoms with van der Waals surface area (Å²) in [4.78, 5) is 4.18. The van der Waals surface area contributed by atoms with E-state index in [1.165, 1.54) is 17.6 Å². The fourth-order valence-corrected chi connectivity index (χ4v) is 2.40. The van der Waals surface area contributed by atoms with E-state index in [9.17, 15) is 8.78 Å². The Morgan fingerprint density at radius 2 is 2.18 bits per heavy atom. The molecule has 0 unspecified atom stereocenters. The molecule has 0 atom stereocenters. The predicted molar refractivity (Wildman–Crippen MR) is 67.1 cm³/mol. The van der Waals surface area contributed by atoms with Crippen molar-refractivity contribution in [3.8, 4) is 11.4 Å². The number of hydrogen-bond donors (Lipinski definition) is 1. The molecule has 1 aromatic carbocycles. The lowest BCUT2D eigenvalue weighted by Crippen LogP contribution is -1.95. The summed E-state index contributed by atoms with van der Waals surface area (Å²) < 4.78 is 30.4. The molecule has 1 N–H and O–H groups in total. The molecular formula is C10H8BrF2N3S. The van der Waals surface area contributed by atoms with E-state index in [0.717, 1.165) is 12.6 Å². The molecule has 2 aromatic rings. The van der Waals surface area contributed by atoms with Gasteiger partial charge < -0.3 is 5.32 Å². The van der Waals surface area contributed by atoms with Gasteiger partial charge in [-0.1, -0.05) is 0 Å². The maximum Gasteiger partial charge on any atom is 0.202 e. The fraction of sp³-hybridized carbons (Fsp3) is 0.200. The van der Waals surface area contributed by atoms with Crippen LogP contribution >= 0.6 is 27.5 Å². The van der Waals surface area contributed by atoms with Crippen molar-refractivity contribution in [3.63, 3.8) is 0 Å². The van der Waals surface area contributed by atoms with E-state index in [2.05, 4.69) is 30.6 Å². The van der Waals surface area contributed by atoms with Crippen molar-refractivity contribution in [1.82, 2.24) is 9.36 Å². The summed E-state index contributed by atoms with van der Waals surface area (Å²) in [6.07, 6.45) is 0. The lowest BCUT2D eigenvalue weighted by Gasteiger charge is -2.01. The number of hydrogen-bond acceptors (Lipinski definition) is 4. The first-order chi connectivity index (χ1) is 8.13. The maximum atomic E-state index is 13.3. The summed E-state index contributed by atoms with van der Waals surface area (Å²) in [5.41, 5.74) is 0.435. The highest BCUT2D eigenvalue weighted by Crippen LogP contribution is 2.31. The number of nitrogens with zero attached hydrogens (tertiary/aromatic N) is 2. The second-order valence-electron chi connectivity index (χ2n) is 3.18. The van der Waals surface area contributed by atoms with Crippen molar-refractivity contribution in [3.05, 3.63) is 28.2 Å². The van der Waals surface area contributed by atoms with Gasteiger partial charge in [0.2, 0.25) is 5.13 Å². The van der Waals surface area contributed by atoms with Crippen molar-refractivity contribution in [1.29, 1.82) is 0 Å². The van der Waals surface area contributed by atoms with Gasteiger partial charge in [0.05, 0.1) is 4.47 Å². The van der Waals surface area contributed by atoms with Crippen LogP contribution in [0.1, 0.15) is 6.92 Å². The minimum Gasteiger partial charge on any atom is -0.361 e. The minimum atomic E-state index is -0.928. The van der Waals surface area contributed by atoms with Crippen molar-refractivity contribution in [2.45, 2.75) is 6.92 Å². The Kier molecular flexibility index (Phi) is 3.68. The van der Waals surface area contributed by atoms with Crippen LogP contribution in [0.4, 0.5) is 13.9 Å². The summed E-state index contributed by atoms with van der Waals surface area (Å²) in [5.74, 6) is -1.46. The molecule has 0 fully saturated rings. The van der Waals surface area contributed by atoms with Crippen molar-refractivity contribution in [2.75, 3.05) is 11.9 Å². The normalized spacial score (nSPS) is 10.6. The van der Waals surface area contributed by atoms with E-state index >= 15 is 0 Å². The van der Waals surface area contributed by atoms with Gasteiger partial charge in [0.25, 0.3) is 0 Å². The average Bonchev–Trinajstić information content (AvgIpc) is 2.75. The molecule has 1 aromatic heterocycles. The van der Waals surface area contributed by atoms with E-state index < -0.39 is 11.6 Å². The molecule has 0 bridgehead atoms. The minimum absolute atomic E-state index is 0.0401. The van der Waals surface area contributed by atoms with Crippen LogP contribution in [0.5, 0.6) is 0 Å². The van der Waals surface area contributed by atoms with Crippen molar-refractivity contribution < 1.29 is 8.78 Å². The smallest absolute Gasteiger partial charge is 0.202 e. The molecule has 0 aliphatic carbocycles. The first-order valence-electron chi connectivity index (χ1n) is 4.85. The fourth-order valence-electron chi connectivity index (χ4n) is 1.25. The highest BCUT2D eigenvalue weighted by molar-refractivity contribution is 9.10. The van der Waals surface area contributed by atoms with Crippen LogP contribution in [0.15, 0.2) is 16.6 Å². The quantitative estimate of drug-likeness (QED) is 0.877. The number of aromatic nitrogens is 2. The second kappa shape index (κ2) is 5.05. The Bertz CT molecular complexity index is 544. The average molecular weight is 320 g/mol. The number of rotatable bonds is 3. The lowest BCUT2D eigenvalue weighted by molar-refractivity contribution is 0.504. The Balaban J connectivity index is 2.42. The van der Waals surface area contributed by atoms with Gasteiger partial charge in [-0.2, -0.15) is 9.36 Å². The van der Waals surface area contributed by atoms with Gasteiger partial charge >= 0.3 is 0 Å². The Morgan fingerprint density at radius 1 is 1.41 bits per heavy atom. The summed E-state index contributed by atoms with van der Waals surface area (Å²) in [6.45, 7) is 2.67. The standard InChI is InChI=1S/C10H8BrF2N3S/c1-2-14-10-15-9(16-17-10)5-3-4-6(12)8(13)7(5)11/h3-4H,2H2,1H3,(H,14,15,16). The summed E-state index contributed by atoms with van der Waals surface area (Å²) >= 11 is 4.18. The Labute approximate surface area is 109 Å². The number of benzene rings is 1. The van der Waals surface area contributed by atoms with Gasteiger partial charge in [0.1, 0.15) is 0 Å². The van der Waals surface area contributed by atoms with E-state index in [-0.39, 0.29) is 4.47 Å². The zero-order chi connectivity index (χ0) is 12.4. The highest BCUT2D eigenvalue weighted by Gasteiger charge is 2.15. The molecule has 7 heteroatoms. The third kappa shape index (κ3) is 2.44. The molecule has 0 saturated heterocycles. The van der Waals surface area contributed by atoms with E-state index in [0.29, 0.717) is 16.5 Å². The summed E-state index contributed by atoms with van der Waals surface area (Å²) in [7, 11) is 0. The zero-order valence-electron chi connectivity index (χ0n) is 8.80. The number of nitrogens with one attached hydrogen (secondary N) is 1. The van der Waals surface area contributed by atoms with E-state index in [1.807, 2.05) is 6.92 Å². The Morgan fingerprint density at radius 3 is 2.88 bits per heavy atom. The first kappa shape index (κ1) is 12.4. The maximum absolute atomic E-state index is 13.3. The molecule has 0 aliphatic heterocycles. The van der Waals surface area contributed by atoms with Gasteiger partial charge in [-0.25, -0.2) is 8.78 Å². The first-order valence-corrected chi connectivity index (χ1v) is 6.41. The van der Waals surface area contributed by atoms with Gasteiger partial charge in [-0.15, -0.1) is 0 Å². The van der Waals surface area contributed by atoms with Gasteiger partial charge in [-0.05, 0) is 35.0 Å². The third-order valence-corrected chi connectivity index (χ3v) is 3.48. The lowest BCUT2D eigenvalue weighted by atomic mass is 10.2. The van der Waals surface area contributed by atoms with Gasteiger partial charge in [-0.3, -0.25) is 0 Å². The topological polar surface area (TPSA) is 37.8 Å². The summed E-state index contributed by atoms with van der Waals surface area (Å²) in [5, 5.41) is 3.66. The molecule has 90 valence electrons. The Hall–Kier alpha value is -1.08. The van der Waals surface area contributed by atoms with Crippen LogP contribution in [-0.2, 0) is 0 Å². The third-order valence-electron chi connectivity index (χ3n) is 2.03. The molecule has 3 nitrogen and oxygen atoms in total. The molecule has 2 rings (SSSR count). The molecule has 17 heavy (non-hydrogen) atoms. The van der Waals surface area contributed by atoms with E-state index in [4.69, 9.17) is 0 Å². The van der Waals surface area contributed by atoms with Crippen LogP contribution in [0.2, 0.25) is 0 Å². The van der Waals surface area contributed by atoms with Crippen molar-refractivity contribution >= 4 is 32.6 Å². The van der Waals surface area contributed by atoms with Crippen LogP contribution in [0.25, 0.3) is 11.4 Å². The van der Waals surface area contributed by atoms with Crippen LogP contribution in [0.3, 0.4) is 0 Å². The van der Waals surface area contributed by atoms with Crippen LogP contribution in [0, 0.1) is 11.6 Å². The summed E-state index contributed by atoms with van der Waals surface area (Å²) in [6, 6.07) is 2.50. The molecule has 0 radical (unpaired) electrons. The molecule has 0 spiro atoms. The van der Waals surface area contributed by atoms with Crippen LogP contribution in [-0.4, -0.2) is 15.9 Å². The van der Waals surface area contributed by atoms with Gasteiger partial charge in [0.15, 0.2) is 17.5 Å². The molecule has 0 amide bonds. The highest BCUT2D eigenvalue weighted by atomic mass is 79.9. The second-order valence-corrected chi connectivity index (χ2v) is 4.72. The van der Waals surface area contributed by atoms with Crippen molar-refractivity contribution in [2.24, 2.45) is 0 Å². The largest absolute Gasteiger partial charge is 0.361 e. The number of halogens is 3. The number of anilines is 1. The molecule has 0 aliphatic rings.